The van der Waals surface area contributed by atoms with Crippen molar-refractivity contribution in [3.63, 3.8) is 0 Å². The van der Waals surface area contributed by atoms with Crippen molar-refractivity contribution in [2.24, 2.45) is 5.73 Å². The number of urea groups is 1. The monoisotopic (exact) mass is 341 g/mol. The van der Waals surface area contributed by atoms with Crippen LogP contribution in [0.2, 0.25) is 0 Å². The lowest BCUT2D eigenvalue weighted by Gasteiger charge is -2.23. The molecule has 9 heteroatoms. The highest BCUT2D eigenvalue weighted by molar-refractivity contribution is 7.89. The highest BCUT2D eigenvalue weighted by Crippen LogP contribution is 2.33. The number of amides is 2. The van der Waals surface area contributed by atoms with Crippen LogP contribution in [-0.2, 0) is 10.0 Å². The van der Waals surface area contributed by atoms with E-state index in [1.807, 2.05) is 0 Å². The number of carbonyl (C=O) groups excluding carboxylic acids is 1. The Morgan fingerprint density at radius 2 is 1.78 bits per heavy atom. The molecule has 2 amide bonds. The normalized spacial score (nSPS) is 19.2. The smallest absolute Gasteiger partial charge is 0.314 e. The van der Waals surface area contributed by atoms with Crippen LogP contribution in [0.15, 0.2) is 23.1 Å². The van der Waals surface area contributed by atoms with Gasteiger partial charge >= 0.3 is 6.03 Å². The lowest BCUT2D eigenvalue weighted by Crippen LogP contribution is -2.39. The van der Waals surface area contributed by atoms with Crippen molar-refractivity contribution in [3.8, 4) is 11.5 Å². The van der Waals surface area contributed by atoms with Crippen molar-refractivity contribution in [2.75, 3.05) is 39.4 Å². The van der Waals surface area contributed by atoms with Crippen LogP contribution in [0.3, 0.4) is 0 Å². The van der Waals surface area contributed by atoms with E-state index in [0.29, 0.717) is 50.8 Å². The Kier molecular flexibility index (Phi) is 4.31. The zero-order valence-corrected chi connectivity index (χ0v) is 13.4. The molecule has 1 aromatic rings. The van der Waals surface area contributed by atoms with Gasteiger partial charge in [0.25, 0.3) is 0 Å². The van der Waals surface area contributed by atoms with Gasteiger partial charge in [0.15, 0.2) is 11.5 Å². The van der Waals surface area contributed by atoms with E-state index >= 15 is 0 Å². The number of hydrogen-bond donors (Lipinski definition) is 1. The van der Waals surface area contributed by atoms with E-state index in [4.69, 9.17) is 15.2 Å². The topological polar surface area (TPSA) is 102 Å². The first-order valence-corrected chi connectivity index (χ1v) is 8.87. The van der Waals surface area contributed by atoms with Crippen LogP contribution in [0, 0.1) is 0 Å². The summed E-state index contributed by atoms with van der Waals surface area (Å²) in [6.07, 6.45) is 0.548. The number of nitrogens with zero attached hydrogens (tertiary/aromatic N) is 2. The van der Waals surface area contributed by atoms with Gasteiger partial charge in [-0.3, -0.25) is 0 Å². The first-order valence-electron chi connectivity index (χ1n) is 7.42. The van der Waals surface area contributed by atoms with Crippen LogP contribution in [0.4, 0.5) is 4.79 Å². The molecular weight excluding hydrogens is 322 g/mol. The van der Waals surface area contributed by atoms with Crippen LogP contribution in [0.25, 0.3) is 0 Å². The number of rotatable bonds is 2. The number of nitrogens with two attached hydrogens (primary N) is 1. The van der Waals surface area contributed by atoms with Crippen molar-refractivity contribution in [2.45, 2.75) is 11.3 Å². The van der Waals surface area contributed by atoms with Gasteiger partial charge in [-0.25, -0.2) is 13.2 Å². The highest BCUT2D eigenvalue weighted by Gasteiger charge is 2.29. The summed E-state index contributed by atoms with van der Waals surface area (Å²) in [6, 6.07) is 4.08. The van der Waals surface area contributed by atoms with Crippen molar-refractivity contribution in [3.05, 3.63) is 18.2 Å². The van der Waals surface area contributed by atoms with Crippen molar-refractivity contribution < 1.29 is 22.7 Å². The fourth-order valence-corrected chi connectivity index (χ4v) is 4.17. The average molecular weight is 341 g/mol. The molecule has 0 spiro atoms. The predicted octanol–water partition coefficient (Wildman–Crippen LogP) is 0.233. The van der Waals surface area contributed by atoms with Gasteiger partial charge in [-0.15, -0.1) is 0 Å². The first kappa shape index (κ1) is 15.9. The molecule has 0 aromatic heterocycles. The fraction of sp³-hybridized carbons (Fsp3) is 0.500. The second-order valence-corrected chi connectivity index (χ2v) is 7.33. The summed E-state index contributed by atoms with van der Waals surface area (Å²) < 4.78 is 37.8. The summed E-state index contributed by atoms with van der Waals surface area (Å²) in [5, 5.41) is 0. The lowest BCUT2D eigenvalue weighted by atomic mass is 10.3. The SMILES string of the molecule is NC(=O)N1CCCN(S(=O)(=O)c2ccc3c(c2)OCCO3)CC1. The molecule has 2 aliphatic heterocycles. The molecule has 2 heterocycles. The summed E-state index contributed by atoms with van der Waals surface area (Å²) in [4.78, 5) is 12.9. The Morgan fingerprint density at radius 1 is 1.04 bits per heavy atom. The van der Waals surface area contributed by atoms with Crippen molar-refractivity contribution in [1.82, 2.24) is 9.21 Å². The van der Waals surface area contributed by atoms with E-state index in [-0.39, 0.29) is 11.4 Å². The third-order valence-corrected chi connectivity index (χ3v) is 5.81. The summed E-state index contributed by atoms with van der Waals surface area (Å²) in [6.45, 7) is 2.17. The van der Waals surface area contributed by atoms with Gasteiger partial charge < -0.3 is 20.1 Å². The third-order valence-electron chi connectivity index (χ3n) is 3.92. The van der Waals surface area contributed by atoms with Gasteiger partial charge in [0.05, 0.1) is 4.90 Å². The number of carbonyl (C=O) groups is 1. The Balaban J connectivity index is 1.82. The molecule has 0 atom stereocenters. The van der Waals surface area contributed by atoms with E-state index in [9.17, 15) is 13.2 Å². The van der Waals surface area contributed by atoms with Gasteiger partial charge in [0.2, 0.25) is 10.0 Å². The molecule has 3 rings (SSSR count). The van der Waals surface area contributed by atoms with Crippen LogP contribution in [0.5, 0.6) is 11.5 Å². The Labute approximate surface area is 134 Å². The van der Waals surface area contributed by atoms with Crippen LogP contribution < -0.4 is 15.2 Å². The number of primary amides is 1. The maximum absolute atomic E-state index is 12.8. The van der Waals surface area contributed by atoms with Crippen LogP contribution in [0.1, 0.15) is 6.42 Å². The number of benzene rings is 1. The van der Waals surface area contributed by atoms with Gasteiger partial charge in [-0.05, 0) is 18.6 Å². The minimum Gasteiger partial charge on any atom is -0.486 e. The molecule has 0 saturated carbocycles. The molecule has 8 nitrogen and oxygen atoms in total. The first-order chi connectivity index (χ1) is 11.0. The Bertz CT molecular complexity index is 706. The molecule has 0 radical (unpaired) electrons. The van der Waals surface area contributed by atoms with Gasteiger partial charge in [0.1, 0.15) is 13.2 Å². The quantitative estimate of drug-likeness (QED) is 0.830. The average Bonchev–Trinajstić information content (AvgIpc) is 2.81. The van der Waals surface area contributed by atoms with Gasteiger partial charge in [0, 0.05) is 32.2 Å². The van der Waals surface area contributed by atoms with Crippen LogP contribution in [-0.4, -0.2) is 63.0 Å². The standard InChI is InChI=1S/C14H19N3O5S/c15-14(18)16-4-1-5-17(7-6-16)23(19,20)11-2-3-12-13(10-11)22-9-8-21-12/h2-3,10H,1,4-9H2,(H2,15,18). The molecule has 2 N–H and O–H groups in total. The predicted molar refractivity (Wildman–Crippen MR) is 82.0 cm³/mol. The highest BCUT2D eigenvalue weighted by atomic mass is 32.2. The van der Waals surface area contributed by atoms with E-state index in [1.54, 1.807) is 6.07 Å². The molecule has 1 aromatic carbocycles. The number of sulfonamides is 1. The Hall–Kier alpha value is -2.00. The molecule has 126 valence electrons. The second-order valence-electron chi connectivity index (χ2n) is 5.39. The van der Waals surface area contributed by atoms with E-state index < -0.39 is 16.1 Å². The molecule has 0 aliphatic carbocycles. The second kappa shape index (κ2) is 6.25. The number of fused-ring (bicyclic) bond motifs is 1. The van der Waals surface area contributed by atoms with Gasteiger partial charge in [-0.1, -0.05) is 0 Å². The zero-order valence-electron chi connectivity index (χ0n) is 12.6. The largest absolute Gasteiger partial charge is 0.486 e. The summed E-state index contributed by atoms with van der Waals surface area (Å²) in [7, 11) is -3.65. The Morgan fingerprint density at radius 3 is 2.52 bits per heavy atom. The number of ether oxygens (including phenoxy) is 2. The molecule has 1 saturated heterocycles. The van der Waals surface area contributed by atoms with Crippen molar-refractivity contribution >= 4 is 16.1 Å². The third kappa shape index (κ3) is 3.20. The molecule has 23 heavy (non-hydrogen) atoms. The minimum atomic E-state index is -3.65. The van der Waals surface area contributed by atoms with E-state index in [1.165, 1.54) is 21.3 Å². The molecule has 1 fully saturated rings. The zero-order chi connectivity index (χ0) is 16.4. The fourth-order valence-electron chi connectivity index (χ4n) is 2.69. The molecular formula is C14H19N3O5S. The molecule has 0 unspecified atom stereocenters. The summed E-state index contributed by atoms with van der Waals surface area (Å²) >= 11 is 0. The van der Waals surface area contributed by atoms with E-state index in [0.717, 1.165) is 0 Å². The molecule has 2 aliphatic rings. The van der Waals surface area contributed by atoms with Crippen LogP contribution >= 0.6 is 0 Å². The van der Waals surface area contributed by atoms with E-state index in [2.05, 4.69) is 0 Å². The molecule has 0 bridgehead atoms. The van der Waals surface area contributed by atoms with Crippen molar-refractivity contribution in [1.29, 1.82) is 0 Å². The maximum atomic E-state index is 12.8. The number of hydrogen-bond acceptors (Lipinski definition) is 5. The minimum absolute atomic E-state index is 0.161. The van der Waals surface area contributed by atoms with Gasteiger partial charge in [-0.2, -0.15) is 4.31 Å². The summed E-state index contributed by atoms with van der Waals surface area (Å²) in [5.41, 5.74) is 5.27. The maximum Gasteiger partial charge on any atom is 0.314 e. The lowest BCUT2D eigenvalue weighted by molar-refractivity contribution is 0.171. The summed E-state index contributed by atoms with van der Waals surface area (Å²) in [5.74, 6) is 0.983.